The molecule has 1 aromatic rings. The molecule has 1 rings (SSSR count). The van der Waals surface area contributed by atoms with Crippen LogP contribution in [0.15, 0.2) is 6.33 Å². The van der Waals surface area contributed by atoms with E-state index in [1.165, 1.54) is 11.2 Å². The number of amides is 2. The summed E-state index contributed by atoms with van der Waals surface area (Å²) in [7, 11) is 3.32. The first-order chi connectivity index (χ1) is 8.41. The lowest BCUT2D eigenvalue weighted by atomic mass is 10.2. The van der Waals surface area contributed by atoms with Gasteiger partial charge >= 0.3 is 12.0 Å². The van der Waals surface area contributed by atoms with Gasteiger partial charge in [-0.25, -0.2) is 4.79 Å². The van der Waals surface area contributed by atoms with Crippen molar-refractivity contribution in [1.82, 2.24) is 25.0 Å². The Morgan fingerprint density at radius 2 is 2.28 bits per heavy atom. The molecule has 0 bridgehead atoms. The van der Waals surface area contributed by atoms with Gasteiger partial charge in [0.25, 0.3) is 0 Å². The third-order valence-corrected chi connectivity index (χ3v) is 2.52. The number of carbonyl (C=O) groups excluding carboxylic acids is 1. The largest absolute Gasteiger partial charge is 0.481 e. The third kappa shape index (κ3) is 3.72. The van der Waals surface area contributed by atoms with Gasteiger partial charge in [0.2, 0.25) is 0 Å². The zero-order chi connectivity index (χ0) is 13.7. The lowest BCUT2D eigenvalue weighted by Crippen LogP contribution is -2.40. The van der Waals surface area contributed by atoms with Gasteiger partial charge < -0.3 is 19.9 Å². The van der Waals surface area contributed by atoms with Gasteiger partial charge in [0.15, 0.2) is 5.82 Å². The zero-order valence-electron chi connectivity index (χ0n) is 10.6. The van der Waals surface area contributed by atoms with Crippen molar-refractivity contribution in [2.24, 2.45) is 13.0 Å². The molecule has 0 spiro atoms. The van der Waals surface area contributed by atoms with Gasteiger partial charge in [-0.05, 0) is 0 Å². The smallest absolute Gasteiger partial charge is 0.317 e. The summed E-state index contributed by atoms with van der Waals surface area (Å²) in [6, 6.07) is -0.342. The Kier molecular flexibility index (Phi) is 4.64. The van der Waals surface area contributed by atoms with Gasteiger partial charge in [-0.15, -0.1) is 10.2 Å². The van der Waals surface area contributed by atoms with E-state index in [4.69, 9.17) is 5.11 Å². The highest BCUT2D eigenvalue weighted by Gasteiger charge is 2.17. The number of carboxylic acids is 1. The maximum atomic E-state index is 11.7. The summed E-state index contributed by atoms with van der Waals surface area (Å²) in [6.07, 6.45) is 1.54. The molecule has 18 heavy (non-hydrogen) atoms. The lowest BCUT2D eigenvalue weighted by molar-refractivity contribution is -0.141. The fourth-order valence-electron chi connectivity index (χ4n) is 1.33. The second kappa shape index (κ2) is 5.99. The number of rotatable bonds is 5. The van der Waals surface area contributed by atoms with Crippen LogP contribution in [-0.2, 0) is 18.4 Å². The summed E-state index contributed by atoms with van der Waals surface area (Å²) >= 11 is 0. The minimum Gasteiger partial charge on any atom is -0.481 e. The predicted molar refractivity (Wildman–Crippen MR) is 62.7 cm³/mol. The second-order valence-corrected chi connectivity index (χ2v) is 4.14. The number of nitrogens with zero attached hydrogens (tertiary/aromatic N) is 4. The molecule has 2 N–H and O–H groups in total. The Morgan fingerprint density at radius 1 is 1.61 bits per heavy atom. The van der Waals surface area contributed by atoms with E-state index in [-0.39, 0.29) is 19.1 Å². The fourth-order valence-corrected chi connectivity index (χ4v) is 1.33. The van der Waals surface area contributed by atoms with Crippen molar-refractivity contribution < 1.29 is 14.7 Å². The Hall–Kier alpha value is -2.12. The highest BCUT2D eigenvalue weighted by Crippen LogP contribution is 1.99. The van der Waals surface area contributed by atoms with E-state index in [9.17, 15) is 9.59 Å². The summed E-state index contributed by atoms with van der Waals surface area (Å²) in [4.78, 5) is 23.7. The van der Waals surface area contributed by atoms with Crippen LogP contribution in [0.25, 0.3) is 0 Å². The van der Waals surface area contributed by atoms with Gasteiger partial charge in [-0.3, -0.25) is 4.79 Å². The molecule has 0 saturated carbocycles. The van der Waals surface area contributed by atoms with Crippen LogP contribution in [0.1, 0.15) is 12.7 Å². The number of hydrogen-bond donors (Lipinski definition) is 2. The van der Waals surface area contributed by atoms with Crippen LogP contribution < -0.4 is 5.32 Å². The number of carbonyl (C=O) groups is 2. The monoisotopic (exact) mass is 255 g/mol. The van der Waals surface area contributed by atoms with E-state index in [2.05, 4.69) is 15.5 Å². The molecule has 0 aliphatic heterocycles. The number of aromatic nitrogens is 3. The van der Waals surface area contributed by atoms with Crippen molar-refractivity contribution in [3.05, 3.63) is 12.2 Å². The van der Waals surface area contributed by atoms with Gasteiger partial charge in [0.1, 0.15) is 6.33 Å². The second-order valence-electron chi connectivity index (χ2n) is 4.14. The summed E-state index contributed by atoms with van der Waals surface area (Å²) in [5, 5.41) is 18.9. The quantitative estimate of drug-likeness (QED) is 0.750. The average molecular weight is 255 g/mol. The van der Waals surface area contributed by atoms with Gasteiger partial charge in [-0.2, -0.15) is 0 Å². The van der Waals surface area contributed by atoms with Crippen molar-refractivity contribution in [2.75, 3.05) is 13.6 Å². The molecule has 2 amide bonds. The maximum Gasteiger partial charge on any atom is 0.317 e. The molecule has 0 aliphatic carbocycles. The lowest BCUT2D eigenvalue weighted by Gasteiger charge is -2.19. The molecule has 0 aromatic carbocycles. The Labute approximate surface area is 105 Å². The SMILES string of the molecule is CC(CN(C)C(=O)NCc1nncn1C)C(=O)O. The molecule has 1 heterocycles. The summed E-state index contributed by atoms with van der Waals surface area (Å²) in [5.74, 6) is -0.901. The number of aryl methyl sites for hydroxylation is 1. The van der Waals surface area contributed by atoms with Crippen molar-refractivity contribution in [2.45, 2.75) is 13.5 Å². The van der Waals surface area contributed by atoms with Crippen LogP contribution >= 0.6 is 0 Å². The molecule has 0 fully saturated rings. The zero-order valence-corrected chi connectivity index (χ0v) is 10.6. The number of nitrogens with one attached hydrogen (secondary N) is 1. The van der Waals surface area contributed by atoms with Crippen LogP contribution in [0.3, 0.4) is 0 Å². The maximum absolute atomic E-state index is 11.7. The first kappa shape index (κ1) is 13.9. The molecule has 1 unspecified atom stereocenters. The molecule has 0 radical (unpaired) electrons. The molecular formula is C10H17N5O3. The normalized spacial score (nSPS) is 11.9. The highest BCUT2D eigenvalue weighted by molar-refractivity contribution is 5.75. The standard InChI is InChI=1S/C10H17N5O3/c1-7(9(16)17)5-14(2)10(18)11-4-8-13-12-6-15(8)3/h6-7H,4-5H2,1-3H3,(H,11,18)(H,16,17). The Bertz CT molecular complexity index is 431. The molecule has 1 atom stereocenters. The van der Waals surface area contributed by atoms with Crippen LogP contribution in [-0.4, -0.2) is 50.4 Å². The number of aliphatic carboxylic acids is 1. The molecule has 0 aliphatic rings. The summed E-state index contributed by atoms with van der Waals surface area (Å²) in [6.45, 7) is 1.95. The predicted octanol–water partition coefficient (Wildman–Crippen LogP) is -0.323. The Morgan fingerprint density at radius 3 is 2.78 bits per heavy atom. The van der Waals surface area contributed by atoms with E-state index < -0.39 is 11.9 Å². The van der Waals surface area contributed by atoms with Crippen LogP contribution in [0.2, 0.25) is 0 Å². The Balaban J connectivity index is 2.41. The first-order valence-corrected chi connectivity index (χ1v) is 5.46. The van der Waals surface area contributed by atoms with E-state index in [1.807, 2.05) is 0 Å². The van der Waals surface area contributed by atoms with Crippen molar-refractivity contribution in [1.29, 1.82) is 0 Å². The highest BCUT2D eigenvalue weighted by atomic mass is 16.4. The molecule has 100 valence electrons. The van der Waals surface area contributed by atoms with E-state index >= 15 is 0 Å². The molecule has 1 aromatic heterocycles. The van der Waals surface area contributed by atoms with Crippen LogP contribution in [0.4, 0.5) is 4.79 Å². The van der Waals surface area contributed by atoms with Gasteiger partial charge in [0, 0.05) is 20.6 Å². The number of carboxylic acid groups (broad SMARTS) is 1. The van der Waals surface area contributed by atoms with Crippen molar-refractivity contribution >= 4 is 12.0 Å². The number of hydrogen-bond acceptors (Lipinski definition) is 4. The average Bonchev–Trinajstić information content (AvgIpc) is 2.71. The third-order valence-electron chi connectivity index (χ3n) is 2.52. The summed E-state index contributed by atoms with van der Waals surface area (Å²) in [5.41, 5.74) is 0. The summed E-state index contributed by atoms with van der Waals surface area (Å²) < 4.78 is 1.69. The molecule has 8 heteroatoms. The molecule has 0 saturated heterocycles. The van der Waals surface area contributed by atoms with Crippen molar-refractivity contribution in [3.63, 3.8) is 0 Å². The number of urea groups is 1. The fraction of sp³-hybridized carbons (Fsp3) is 0.600. The van der Waals surface area contributed by atoms with E-state index in [0.717, 1.165) is 0 Å². The van der Waals surface area contributed by atoms with Gasteiger partial charge in [0.05, 0.1) is 12.5 Å². The van der Waals surface area contributed by atoms with Crippen LogP contribution in [0.5, 0.6) is 0 Å². The van der Waals surface area contributed by atoms with Crippen molar-refractivity contribution in [3.8, 4) is 0 Å². The van der Waals surface area contributed by atoms with Crippen LogP contribution in [0, 0.1) is 5.92 Å². The van der Waals surface area contributed by atoms with E-state index in [1.54, 1.807) is 25.6 Å². The van der Waals surface area contributed by atoms with E-state index in [0.29, 0.717) is 5.82 Å². The minimum absolute atomic E-state index is 0.153. The molecular weight excluding hydrogens is 238 g/mol. The topological polar surface area (TPSA) is 100 Å². The first-order valence-electron chi connectivity index (χ1n) is 5.46. The minimum atomic E-state index is -0.928. The van der Waals surface area contributed by atoms with Gasteiger partial charge in [-0.1, -0.05) is 6.92 Å². The molecule has 8 nitrogen and oxygen atoms in total.